The van der Waals surface area contributed by atoms with Gasteiger partial charge in [-0.05, 0) is 60.3 Å². The van der Waals surface area contributed by atoms with Crippen LogP contribution in [-0.4, -0.2) is 85.0 Å². The summed E-state index contributed by atoms with van der Waals surface area (Å²) in [6, 6.07) is 11.1. The van der Waals surface area contributed by atoms with Crippen LogP contribution in [0, 0.1) is 11.3 Å². The first-order valence-corrected chi connectivity index (χ1v) is 15.0. The highest BCUT2D eigenvalue weighted by Gasteiger charge is 2.35. The molecule has 196 valence electrons. The molecular formula is C25H35N5O4S2. The highest BCUT2D eigenvalue weighted by atomic mass is 32.2. The van der Waals surface area contributed by atoms with E-state index in [9.17, 15) is 18.3 Å². The Morgan fingerprint density at radius 2 is 1.89 bits per heavy atom. The standard InChI is InChI=1S/C25H35N5O4S2/c26-25(27)29-11-3-5-18(14-29)16-35-17-21-8-4-12-30(21)24(32)23(15-31)28-36(33,34)22-10-9-19-6-1-2-7-20(19)13-22/h1-2,6-7,9-10,13,18,21,23,28,31H,3-5,8,11-12,14-17H2,(H3,26,27)/t18?,21-,23+/m0/s1. The average Bonchev–Trinajstić information content (AvgIpc) is 3.35. The maximum atomic E-state index is 13.3. The first kappa shape index (κ1) is 26.7. The van der Waals surface area contributed by atoms with E-state index in [4.69, 9.17) is 11.1 Å². The van der Waals surface area contributed by atoms with Gasteiger partial charge in [-0.1, -0.05) is 30.3 Å². The van der Waals surface area contributed by atoms with Crippen LogP contribution >= 0.6 is 11.8 Å². The summed E-state index contributed by atoms with van der Waals surface area (Å²) in [6.07, 6.45) is 3.84. The van der Waals surface area contributed by atoms with Crippen molar-refractivity contribution in [2.75, 3.05) is 37.7 Å². The number of hydrogen-bond donors (Lipinski definition) is 4. The molecule has 0 aliphatic carbocycles. The van der Waals surface area contributed by atoms with E-state index in [0.29, 0.717) is 12.5 Å². The Labute approximate surface area is 217 Å². The van der Waals surface area contributed by atoms with Gasteiger partial charge in [-0.15, -0.1) is 0 Å². The number of thioether (sulfide) groups is 1. The van der Waals surface area contributed by atoms with Crippen LogP contribution in [0.25, 0.3) is 10.8 Å². The van der Waals surface area contributed by atoms with Crippen molar-refractivity contribution in [3.05, 3.63) is 42.5 Å². The van der Waals surface area contributed by atoms with E-state index >= 15 is 0 Å². The predicted molar refractivity (Wildman–Crippen MR) is 143 cm³/mol. The van der Waals surface area contributed by atoms with Crippen molar-refractivity contribution < 1.29 is 18.3 Å². The Balaban J connectivity index is 1.35. The normalized spacial score (nSPS) is 21.6. The molecule has 3 atom stereocenters. The van der Waals surface area contributed by atoms with E-state index in [0.717, 1.165) is 61.1 Å². The third-order valence-corrected chi connectivity index (χ3v) is 9.79. The number of aliphatic hydroxyl groups is 1. The average molecular weight is 534 g/mol. The van der Waals surface area contributed by atoms with Crippen LogP contribution in [0.4, 0.5) is 0 Å². The number of nitrogens with two attached hydrogens (primary N) is 1. The van der Waals surface area contributed by atoms with Crippen molar-refractivity contribution in [3.63, 3.8) is 0 Å². The molecule has 0 bridgehead atoms. The molecule has 0 saturated carbocycles. The Hall–Kier alpha value is -2.34. The second kappa shape index (κ2) is 11.8. The molecule has 2 fully saturated rings. The largest absolute Gasteiger partial charge is 0.394 e. The van der Waals surface area contributed by atoms with Gasteiger partial charge in [-0.3, -0.25) is 10.2 Å². The summed E-state index contributed by atoms with van der Waals surface area (Å²) in [5.41, 5.74) is 5.64. The molecule has 0 spiro atoms. The summed E-state index contributed by atoms with van der Waals surface area (Å²) in [6.45, 7) is 1.57. The highest BCUT2D eigenvalue weighted by molar-refractivity contribution is 7.99. The number of carbonyl (C=O) groups is 1. The van der Waals surface area contributed by atoms with Crippen LogP contribution in [0.15, 0.2) is 47.4 Å². The van der Waals surface area contributed by atoms with Crippen molar-refractivity contribution in [2.45, 2.75) is 42.7 Å². The third-order valence-electron chi connectivity index (χ3n) is 6.99. The van der Waals surface area contributed by atoms with Gasteiger partial charge in [0.05, 0.1) is 11.5 Å². The number of fused-ring (bicyclic) bond motifs is 1. The van der Waals surface area contributed by atoms with E-state index in [1.54, 1.807) is 28.8 Å². The molecular weight excluding hydrogens is 498 g/mol. The van der Waals surface area contributed by atoms with Crippen LogP contribution in [-0.2, 0) is 14.8 Å². The monoisotopic (exact) mass is 533 g/mol. The molecule has 2 aliphatic rings. The molecule has 1 amide bonds. The molecule has 2 heterocycles. The molecule has 2 aromatic carbocycles. The topological polar surface area (TPSA) is 140 Å². The maximum absolute atomic E-state index is 13.3. The molecule has 11 heteroatoms. The SMILES string of the molecule is N=C(N)N1CCCC(CSC[C@@H]2CCCN2C(=O)[C@@H](CO)NS(=O)(=O)c2ccc3ccccc3c2)C1. The van der Waals surface area contributed by atoms with Gasteiger partial charge in [0.15, 0.2) is 5.96 Å². The molecule has 9 nitrogen and oxygen atoms in total. The van der Waals surface area contributed by atoms with Crippen molar-refractivity contribution in [2.24, 2.45) is 11.7 Å². The fourth-order valence-electron chi connectivity index (χ4n) is 5.05. The number of sulfonamides is 1. The van der Waals surface area contributed by atoms with Gasteiger partial charge < -0.3 is 20.6 Å². The van der Waals surface area contributed by atoms with E-state index in [1.165, 1.54) is 6.07 Å². The zero-order chi connectivity index (χ0) is 25.7. The van der Waals surface area contributed by atoms with Crippen LogP contribution in [0.3, 0.4) is 0 Å². The zero-order valence-corrected chi connectivity index (χ0v) is 21.9. The number of guanidine groups is 1. The molecule has 0 aromatic heterocycles. The van der Waals surface area contributed by atoms with Crippen molar-refractivity contribution in [3.8, 4) is 0 Å². The number of amides is 1. The molecule has 4 rings (SSSR count). The minimum Gasteiger partial charge on any atom is -0.394 e. The Kier molecular flexibility index (Phi) is 8.76. The quantitative estimate of drug-likeness (QED) is 0.285. The van der Waals surface area contributed by atoms with Crippen molar-refractivity contribution >= 4 is 44.4 Å². The Bertz CT molecular complexity index is 1190. The Morgan fingerprint density at radius 1 is 1.14 bits per heavy atom. The van der Waals surface area contributed by atoms with Gasteiger partial charge >= 0.3 is 0 Å². The number of rotatable bonds is 9. The lowest BCUT2D eigenvalue weighted by Crippen LogP contribution is -2.52. The summed E-state index contributed by atoms with van der Waals surface area (Å²) < 4.78 is 28.5. The summed E-state index contributed by atoms with van der Waals surface area (Å²) in [7, 11) is -3.99. The summed E-state index contributed by atoms with van der Waals surface area (Å²) in [4.78, 5) is 17.0. The lowest BCUT2D eigenvalue weighted by Gasteiger charge is -2.33. The van der Waals surface area contributed by atoms with Crippen LogP contribution in [0.5, 0.6) is 0 Å². The van der Waals surface area contributed by atoms with Crippen molar-refractivity contribution in [1.82, 2.24) is 14.5 Å². The van der Waals surface area contributed by atoms with Gasteiger partial charge in [0.1, 0.15) is 6.04 Å². The number of hydrogen-bond acceptors (Lipinski definition) is 6. The molecule has 2 saturated heterocycles. The fourth-order valence-corrected chi connectivity index (χ4v) is 7.62. The summed E-state index contributed by atoms with van der Waals surface area (Å²) >= 11 is 1.79. The second-order valence-corrected chi connectivity index (χ2v) is 12.4. The number of nitrogens with zero attached hydrogens (tertiary/aromatic N) is 2. The van der Waals surface area contributed by atoms with Crippen LogP contribution in [0.2, 0.25) is 0 Å². The van der Waals surface area contributed by atoms with E-state index in [-0.39, 0.29) is 22.8 Å². The third kappa shape index (κ3) is 6.31. The highest BCUT2D eigenvalue weighted by Crippen LogP contribution is 2.26. The molecule has 0 radical (unpaired) electrons. The maximum Gasteiger partial charge on any atom is 0.243 e. The van der Waals surface area contributed by atoms with Crippen LogP contribution < -0.4 is 10.5 Å². The number of piperidine rings is 1. The molecule has 36 heavy (non-hydrogen) atoms. The first-order chi connectivity index (χ1) is 17.3. The van der Waals surface area contributed by atoms with Gasteiger partial charge in [-0.2, -0.15) is 16.5 Å². The lowest BCUT2D eigenvalue weighted by molar-refractivity contribution is -0.134. The minimum atomic E-state index is -3.99. The van der Waals surface area contributed by atoms with Crippen molar-refractivity contribution in [1.29, 1.82) is 5.41 Å². The summed E-state index contributed by atoms with van der Waals surface area (Å²) in [5, 5.41) is 19.3. The zero-order valence-electron chi connectivity index (χ0n) is 20.3. The van der Waals surface area contributed by atoms with E-state index in [2.05, 4.69) is 4.72 Å². The number of likely N-dealkylation sites (tertiary alicyclic amines) is 2. The summed E-state index contributed by atoms with van der Waals surface area (Å²) in [5.74, 6) is 1.89. The molecule has 1 unspecified atom stereocenters. The molecule has 2 aromatic rings. The second-order valence-electron chi connectivity index (χ2n) is 9.57. The van der Waals surface area contributed by atoms with E-state index < -0.39 is 22.7 Å². The smallest absolute Gasteiger partial charge is 0.243 e. The predicted octanol–water partition coefficient (Wildman–Crippen LogP) is 1.81. The fraction of sp³-hybridized carbons (Fsp3) is 0.520. The number of nitrogens with one attached hydrogen (secondary N) is 2. The minimum absolute atomic E-state index is 0.00854. The van der Waals surface area contributed by atoms with Gasteiger partial charge in [0, 0.05) is 31.4 Å². The molecule has 2 aliphatic heterocycles. The molecule has 5 N–H and O–H groups in total. The van der Waals surface area contributed by atoms with E-state index in [1.807, 2.05) is 29.2 Å². The first-order valence-electron chi connectivity index (χ1n) is 12.4. The van der Waals surface area contributed by atoms with Gasteiger partial charge in [0.25, 0.3) is 0 Å². The van der Waals surface area contributed by atoms with Crippen LogP contribution in [0.1, 0.15) is 25.7 Å². The lowest BCUT2D eigenvalue weighted by atomic mass is 10.0. The Morgan fingerprint density at radius 3 is 2.64 bits per heavy atom. The number of carbonyl (C=O) groups excluding carboxylic acids is 1. The number of aliphatic hydroxyl groups excluding tert-OH is 1. The van der Waals surface area contributed by atoms with Gasteiger partial charge in [0.2, 0.25) is 15.9 Å². The number of benzene rings is 2. The van der Waals surface area contributed by atoms with Gasteiger partial charge in [-0.25, -0.2) is 8.42 Å².